The van der Waals surface area contributed by atoms with Crippen molar-refractivity contribution in [2.24, 2.45) is 5.92 Å². The van der Waals surface area contributed by atoms with Crippen molar-refractivity contribution >= 4 is 17.3 Å². The third-order valence-corrected chi connectivity index (χ3v) is 2.40. The molecule has 0 aliphatic heterocycles. The van der Waals surface area contributed by atoms with Gasteiger partial charge in [-0.2, -0.15) is 5.10 Å². The fraction of sp³-hybridized carbons (Fsp3) is 0.636. The summed E-state index contributed by atoms with van der Waals surface area (Å²) in [4.78, 5) is 11.1. The third-order valence-electron chi connectivity index (χ3n) is 2.03. The first-order chi connectivity index (χ1) is 8.11. The Hall–Kier alpha value is -1.07. The van der Waals surface area contributed by atoms with E-state index in [0.29, 0.717) is 24.8 Å². The van der Waals surface area contributed by atoms with Crippen molar-refractivity contribution in [3.8, 4) is 0 Å². The lowest BCUT2D eigenvalue weighted by molar-refractivity contribution is 0.110. The molecule has 0 aliphatic carbocycles. The molecular weight excluding hydrogens is 242 g/mol. The zero-order valence-electron chi connectivity index (χ0n) is 10.1. The minimum absolute atomic E-state index is 0.142. The molecule has 0 bridgehead atoms. The highest BCUT2D eigenvalue weighted by Gasteiger charge is 2.03. The zero-order chi connectivity index (χ0) is 12.7. The van der Waals surface area contributed by atoms with Crippen LogP contribution in [0.4, 0.5) is 5.69 Å². The summed E-state index contributed by atoms with van der Waals surface area (Å²) in [6.07, 6.45) is 2.36. The molecule has 17 heavy (non-hydrogen) atoms. The minimum Gasteiger partial charge on any atom is -0.382 e. The highest BCUT2D eigenvalue weighted by Crippen LogP contribution is 2.13. The van der Waals surface area contributed by atoms with Gasteiger partial charge in [0.05, 0.1) is 11.9 Å². The fourth-order valence-corrected chi connectivity index (χ4v) is 1.38. The Morgan fingerprint density at radius 3 is 3.06 bits per heavy atom. The van der Waals surface area contributed by atoms with Crippen molar-refractivity contribution < 1.29 is 4.74 Å². The molecule has 0 spiro atoms. The molecule has 0 radical (unpaired) electrons. The Kier molecular flexibility index (Phi) is 6.00. The quantitative estimate of drug-likeness (QED) is 0.734. The average molecular weight is 260 g/mol. The van der Waals surface area contributed by atoms with Crippen LogP contribution in [-0.2, 0) is 4.74 Å². The molecule has 0 aromatic carbocycles. The van der Waals surface area contributed by atoms with Gasteiger partial charge in [0.2, 0.25) is 0 Å². The largest absolute Gasteiger partial charge is 0.382 e. The Bertz CT molecular complexity index is 393. The molecule has 6 heteroatoms. The second-order valence-corrected chi connectivity index (χ2v) is 4.55. The van der Waals surface area contributed by atoms with E-state index in [4.69, 9.17) is 16.3 Å². The van der Waals surface area contributed by atoms with Crippen LogP contribution in [0.15, 0.2) is 11.0 Å². The van der Waals surface area contributed by atoms with E-state index in [1.54, 1.807) is 0 Å². The third kappa shape index (κ3) is 5.19. The molecule has 0 aliphatic rings. The molecular formula is C11H18ClN3O2. The number of ether oxygens (including phenoxy) is 1. The van der Waals surface area contributed by atoms with Gasteiger partial charge in [-0.1, -0.05) is 25.4 Å². The van der Waals surface area contributed by atoms with Gasteiger partial charge in [-0.3, -0.25) is 4.79 Å². The van der Waals surface area contributed by atoms with E-state index >= 15 is 0 Å². The van der Waals surface area contributed by atoms with Crippen LogP contribution < -0.4 is 10.9 Å². The standard InChI is InChI=1S/C11H18ClN3O2/c1-8(2)7-17-5-3-4-13-9-6-14-15-11(16)10(9)12/h6,8H,3-5,7H2,1-2H3,(H2,13,15,16). The predicted molar refractivity (Wildman–Crippen MR) is 68.6 cm³/mol. The fourth-order valence-electron chi connectivity index (χ4n) is 1.22. The maximum atomic E-state index is 11.1. The Balaban J connectivity index is 2.23. The van der Waals surface area contributed by atoms with Gasteiger partial charge in [-0.05, 0) is 12.3 Å². The number of rotatable bonds is 7. The van der Waals surface area contributed by atoms with Gasteiger partial charge in [0, 0.05) is 19.8 Å². The van der Waals surface area contributed by atoms with Crippen LogP contribution in [0.1, 0.15) is 20.3 Å². The second kappa shape index (κ2) is 7.29. The summed E-state index contributed by atoms with van der Waals surface area (Å²) in [5.74, 6) is 0.550. The number of halogens is 1. The van der Waals surface area contributed by atoms with Crippen LogP contribution in [0.3, 0.4) is 0 Å². The highest BCUT2D eigenvalue weighted by atomic mass is 35.5. The molecule has 0 fully saturated rings. The summed E-state index contributed by atoms with van der Waals surface area (Å²) in [5.41, 5.74) is 0.173. The normalized spacial score (nSPS) is 10.8. The first-order valence-corrected chi connectivity index (χ1v) is 6.04. The van der Waals surface area contributed by atoms with Gasteiger partial charge in [0.15, 0.2) is 0 Å². The lowest BCUT2D eigenvalue weighted by Crippen LogP contribution is -2.13. The van der Waals surface area contributed by atoms with Gasteiger partial charge in [-0.25, -0.2) is 5.10 Å². The lowest BCUT2D eigenvalue weighted by atomic mass is 10.2. The van der Waals surface area contributed by atoms with Crippen LogP contribution in [0.25, 0.3) is 0 Å². The maximum Gasteiger partial charge on any atom is 0.285 e. The maximum absolute atomic E-state index is 11.1. The molecule has 96 valence electrons. The van der Waals surface area contributed by atoms with Gasteiger partial charge in [0.1, 0.15) is 5.02 Å². The number of nitrogens with zero attached hydrogens (tertiary/aromatic N) is 1. The molecule has 5 nitrogen and oxygen atoms in total. The summed E-state index contributed by atoms with van der Waals surface area (Å²) in [7, 11) is 0. The monoisotopic (exact) mass is 259 g/mol. The van der Waals surface area contributed by atoms with Crippen molar-refractivity contribution in [2.75, 3.05) is 25.1 Å². The molecule has 1 aromatic heterocycles. The van der Waals surface area contributed by atoms with E-state index in [0.717, 1.165) is 13.0 Å². The predicted octanol–water partition coefficient (Wildman–Crippen LogP) is 1.90. The van der Waals surface area contributed by atoms with Crippen LogP contribution in [0.5, 0.6) is 0 Å². The molecule has 2 N–H and O–H groups in total. The minimum atomic E-state index is -0.382. The van der Waals surface area contributed by atoms with E-state index in [-0.39, 0.29) is 10.6 Å². The van der Waals surface area contributed by atoms with Gasteiger partial charge < -0.3 is 10.1 Å². The van der Waals surface area contributed by atoms with E-state index in [1.807, 2.05) is 0 Å². The van der Waals surface area contributed by atoms with E-state index in [2.05, 4.69) is 29.4 Å². The van der Waals surface area contributed by atoms with Crippen molar-refractivity contribution in [1.82, 2.24) is 10.2 Å². The van der Waals surface area contributed by atoms with Crippen molar-refractivity contribution in [3.05, 3.63) is 21.6 Å². The molecule has 1 rings (SSSR count). The van der Waals surface area contributed by atoms with Crippen molar-refractivity contribution in [2.45, 2.75) is 20.3 Å². The van der Waals surface area contributed by atoms with Gasteiger partial charge in [-0.15, -0.1) is 0 Å². The SMILES string of the molecule is CC(C)COCCCNc1cn[nH]c(=O)c1Cl. The molecule has 0 unspecified atom stereocenters. The topological polar surface area (TPSA) is 67.0 Å². The summed E-state index contributed by atoms with van der Waals surface area (Å²) >= 11 is 5.80. The molecule has 1 heterocycles. The number of aromatic nitrogens is 2. The van der Waals surface area contributed by atoms with Crippen molar-refractivity contribution in [1.29, 1.82) is 0 Å². The second-order valence-electron chi connectivity index (χ2n) is 4.18. The number of anilines is 1. The Morgan fingerprint density at radius 1 is 1.59 bits per heavy atom. The van der Waals surface area contributed by atoms with E-state index < -0.39 is 0 Å². The number of H-pyrrole nitrogens is 1. The van der Waals surface area contributed by atoms with Crippen molar-refractivity contribution in [3.63, 3.8) is 0 Å². The molecule has 0 amide bonds. The summed E-state index contributed by atoms with van der Waals surface area (Å²) in [6.45, 7) is 6.38. The number of aromatic amines is 1. The summed E-state index contributed by atoms with van der Waals surface area (Å²) in [6, 6.07) is 0. The molecule has 1 aromatic rings. The number of hydrogen-bond acceptors (Lipinski definition) is 4. The smallest absolute Gasteiger partial charge is 0.285 e. The lowest BCUT2D eigenvalue weighted by Gasteiger charge is -2.08. The van der Waals surface area contributed by atoms with Crippen LogP contribution in [-0.4, -0.2) is 30.0 Å². The highest BCUT2D eigenvalue weighted by molar-refractivity contribution is 6.32. The van der Waals surface area contributed by atoms with Crippen LogP contribution in [0.2, 0.25) is 5.02 Å². The Morgan fingerprint density at radius 2 is 2.35 bits per heavy atom. The first-order valence-electron chi connectivity index (χ1n) is 5.66. The van der Waals surface area contributed by atoms with Crippen LogP contribution in [0, 0.1) is 5.92 Å². The molecule has 0 saturated heterocycles. The van der Waals surface area contributed by atoms with Crippen LogP contribution >= 0.6 is 11.6 Å². The molecule has 0 saturated carbocycles. The Labute approximate surface area is 106 Å². The number of hydrogen-bond donors (Lipinski definition) is 2. The van der Waals surface area contributed by atoms with E-state index in [9.17, 15) is 4.79 Å². The zero-order valence-corrected chi connectivity index (χ0v) is 10.9. The summed E-state index contributed by atoms with van der Waals surface area (Å²) in [5, 5.41) is 9.12. The average Bonchev–Trinajstić information content (AvgIpc) is 2.28. The molecule has 0 atom stereocenters. The van der Waals surface area contributed by atoms with Gasteiger partial charge in [0.25, 0.3) is 5.56 Å². The first kappa shape index (κ1) is 14.0. The van der Waals surface area contributed by atoms with Gasteiger partial charge >= 0.3 is 0 Å². The number of nitrogens with one attached hydrogen (secondary N) is 2. The summed E-state index contributed by atoms with van der Waals surface area (Å²) < 4.78 is 5.43. The van der Waals surface area contributed by atoms with E-state index in [1.165, 1.54) is 6.20 Å².